The number of anilines is 1. The van der Waals surface area contributed by atoms with E-state index >= 15 is 0 Å². The first kappa shape index (κ1) is 10.8. The molecule has 1 aromatic rings. The van der Waals surface area contributed by atoms with Crippen molar-refractivity contribution in [2.75, 3.05) is 12.3 Å². The van der Waals surface area contributed by atoms with E-state index in [0.717, 1.165) is 23.0 Å². The normalized spacial score (nSPS) is 14.7. The summed E-state index contributed by atoms with van der Waals surface area (Å²) in [6.07, 6.45) is 4.61. The van der Waals surface area contributed by atoms with Gasteiger partial charge in [0.05, 0.1) is 0 Å². The number of carbonyl (C=O) groups is 1. The van der Waals surface area contributed by atoms with Crippen LogP contribution in [0.5, 0.6) is 0 Å². The first-order valence-corrected chi connectivity index (χ1v) is 7.02. The van der Waals surface area contributed by atoms with E-state index in [9.17, 15) is 4.79 Å². The molecule has 1 aromatic heterocycles. The number of nitrogens with two attached hydrogens (primary N) is 1. The molecule has 1 aliphatic carbocycles. The quantitative estimate of drug-likeness (QED) is 0.653. The number of hydrogen-bond donors (Lipinski definition) is 1. The first-order chi connectivity index (χ1) is 7.24. The van der Waals surface area contributed by atoms with Gasteiger partial charge in [0, 0.05) is 0 Å². The number of ether oxygens (including phenoxy) is 1. The number of hydrogen-bond acceptors (Lipinski definition) is 3. The fourth-order valence-corrected chi connectivity index (χ4v) is 4.46. The summed E-state index contributed by atoms with van der Waals surface area (Å²) >= 11 is 0.131. The fourth-order valence-electron chi connectivity index (χ4n) is 1.94. The van der Waals surface area contributed by atoms with Crippen LogP contribution < -0.4 is 5.73 Å². The van der Waals surface area contributed by atoms with Crippen molar-refractivity contribution in [1.82, 2.24) is 0 Å². The van der Waals surface area contributed by atoms with E-state index < -0.39 is 0 Å². The second kappa shape index (κ2) is 4.42. The topological polar surface area (TPSA) is 52.3 Å². The molecule has 1 heterocycles. The van der Waals surface area contributed by atoms with Crippen molar-refractivity contribution >= 4 is 26.2 Å². The summed E-state index contributed by atoms with van der Waals surface area (Å²) in [5.74, 6) is -0.204. The van der Waals surface area contributed by atoms with E-state index in [2.05, 4.69) is 0 Å². The number of rotatable bonds is 2. The van der Waals surface area contributed by atoms with Gasteiger partial charge in [-0.25, -0.2) is 0 Å². The van der Waals surface area contributed by atoms with Crippen LogP contribution in [0.15, 0.2) is 0 Å². The maximum atomic E-state index is 11.6. The molecule has 0 amide bonds. The minimum atomic E-state index is -0.204. The van der Waals surface area contributed by atoms with Gasteiger partial charge in [0.1, 0.15) is 0 Å². The number of fused-ring (bicyclic) bond motifs is 1. The van der Waals surface area contributed by atoms with Crippen LogP contribution in [0.25, 0.3) is 0 Å². The Labute approximate surface area is 95.4 Å². The zero-order valence-corrected chi connectivity index (χ0v) is 10.6. The molecule has 0 saturated carbocycles. The van der Waals surface area contributed by atoms with Crippen molar-refractivity contribution in [1.29, 1.82) is 0 Å². The van der Waals surface area contributed by atoms with Gasteiger partial charge in [-0.15, -0.1) is 0 Å². The standard InChI is InChI=1S/C11H15NO2Se/c1-2-14-11(13)10-9(12)7-5-3-4-6-8(7)15-10/h2-6,12H2,1H3. The molecular weight excluding hydrogens is 257 g/mol. The Morgan fingerprint density at radius 2 is 2.20 bits per heavy atom. The molecule has 15 heavy (non-hydrogen) atoms. The molecule has 2 rings (SSSR count). The third-order valence-electron chi connectivity index (χ3n) is 2.67. The number of nitrogen functional groups attached to an aromatic ring is 1. The van der Waals surface area contributed by atoms with Gasteiger partial charge in [-0.05, 0) is 0 Å². The molecule has 0 spiro atoms. The van der Waals surface area contributed by atoms with Crippen LogP contribution in [-0.4, -0.2) is 27.1 Å². The second-order valence-corrected chi connectivity index (χ2v) is 5.99. The molecule has 82 valence electrons. The van der Waals surface area contributed by atoms with Crippen molar-refractivity contribution in [3.05, 3.63) is 14.4 Å². The van der Waals surface area contributed by atoms with Crippen molar-refractivity contribution in [3.63, 3.8) is 0 Å². The van der Waals surface area contributed by atoms with Crippen molar-refractivity contribution in [2.24, 2.45) is 0 Å². The summed E-state index contributed by atoms with van der Waals surface area (Å²) in [5, 5.41) is 0. The molecule has 0 bridgehead atoms. The predicted molar refractivity (Wildman–Crippen MR) is 60.4 cm³/mol. The van der Waals surface area contributed by atoms with Gasteiger partial charge in [0.25, 0.3) is 0 Å². The molecule has 0 unspecified atom stereocenters. The van der Waals surface area contributed by atoms with Crippen molar-refractivity contribution in [3.8, 4) is 0 Å². The van der Waals surface area contributed by atoms with Crippen LogP contribution in [0.2, 0.25) is 0 Å². The van der Waals surface area contributed by atoms with Crippen LogP contribution in [0.3, 0.4) is 0 Å². The third kappa shape index (κ3) is 1.97. The molecule has 0 atom stereocenters. The molecular formula is C11H15NO2Se. The molecule has 0 aliphatic heterocycles. The zero-order chi connectivity index (χ0) is 10.8. The molecule has 1 aliphatic rings. The summed E-state index contributed by atoms with van der Waals surface area (Å²) in [6.45, 7) is 2.25. The maximum absolute atomic E-state index is 11.6. The molecule has 4 heteroatoms. The molecule has 0 radical (unpaired) electrons. The Kier molecular flexibility index (Phi) is 3.17. The van der Waals surface area contributed by atoms with E-state index in [0.29, 0.717) is 6.61 Å². The first-order valence-electron chi connectivity index (χ1n) is 5.31. The summed E-state index contributed by atoms with van der Waals surface area (Å²) < 4.78 is 7.19. The summed E-state index contributed by atoms with van der Waals surface area (Å²) in [7, 11) is 0. The summed E-state index contributed by atoms with van der Waals surface area (Å²) in [5.41, 5.74) is 7.98. The van der Waals surface area contributed by atoms with Gasteiger partial charge in [-0.1, -0.05) is 0 Å². The second-order valence-electron chi connectivity index (χ2n) is 3.67. The van der Waals surface area contributed by atoms with Crippen LogP contribution in [0.1, 0.15) is 39.0 Å². The average Bonchev–Trinajstić information content (AvgIpc) is 2.57. The third-order valence-corrected chi connectivity index (χ3v) is 5.37. The van der Waals surface area contributed by atoms with E-state index in [1.807, 2.05) is 6.92 Å². The minimum absolute atomic E-state index is 0.131. The van der Waals surface area contributed by atoms with Gasteiger partial charge in [0.15, 0.2) is 0 Å². The van der Waals surface area contributed by atoms with Crippen LogP contribution >= 0.6 is 0 Å². The molecule has 2 N–H and O–H groups in total. The zero-order valence-electron chi connectivity index (χ0n) is 8.84. The van der Waals surface area contributed by atoms with E-state index in [4.69, 9.17) is 10.5 Å². The Morgan fingerprint density at radius 1 is 1.47 bits per heavy atom. The molecule has 3 nitrogen and oxygen atoms in total. The SMILES string of the molecule is CCOC(=O)c1[se]c2c(c1N)CCCC2. The van der Waals surface area contributed by atoms with Gasteiger partial charge in [-0.2, -0.15) is 0 Å². The Hall–Kier alpha value is -0.731. The van der Waals surface area contributed by atoms with Gasteiger partial charge in [-0.3, -0.25) is 0 Å². The number of aryl methyl sites for hydroxylation is 1. The van der Waals surface area contributed by atoms with Crippen LogP contribution in [0.4, 0.5) is 5.69 Å². The molecule has 0 aromatic carbocycles. The van der Waals surface area contributed by atoms with E-state index in [1.54, 1.807) is 0 Å². The summed E-state index contributed by atoms with van der Waals surface area (Å²) in [6, 6.07) is 0. The summed E-state index contributed by atoms with van der Waals surface area (Å²) in [4.78, 5) is 11.6. The number of esters is 1. The monoisotopic (exact) mass is 273 g/mol. The van der Waals surface area contributed by atoms with Crippen molar-refractivity contribution in [2.45, 2.75) is 32.6 Å². The Morgan fingerprint density at radius 3 is 2.87 bits per heavy atom. The predicted octanol–water partition coefficient (Wildman–Crippen LogP) is 1.38. The Bertz CT molecular complexity index is 384. The number of carbonyl (C=O) groups excluding carboxylic acids is 1. The Balaban J connectivity index is 2.32. The average molecular weight is 272 g/mol. The van der Waals surface area contributed by atoms with E-state index in [-0.39, 0.29) is 20.5 Å². The van der Waals surface area contributed by atoms with Gasteiger partial charge < -0.3 is 0 Å². The van der Waals surface area contributed by atoms with Crippen molar-refractivity contribution < 1.29 is 9.53 Å². The van der Waals surface area contributed by atoms with Gasteiger partial charge in [0.2, 0.25) is 0 Å². The van der Waals surface area contributed by atoms with Gasteiger partial charge >= 0.3 is 95.1 Å². The molecule has 0 fully saturated rings. The van der Waals surface area contributed by atoms with Crippen LogP contribution in [-0.2, 0) is 17.6 Å². The fraction of sp³-hybridized carbons (Fsp3) is 0.545. The van der Waals surface area contributed by atoms with Crippen LogP contribution in [0, 0.1) is 0 Å². The van der Waals surface area contributed by atoms with E-state index in [1.165, 1.54) is 22.8 Å². The molecule has 0 saturated heterocycles.